The highest BCUT2D eigenvalue weighted by molar-refractivity contribution is 9.10. The van der Waals surface area contributed by atoms with Crippen molar-refractivity contribution in [3.05, 3.63) is 28.5 Å². The van der Waals surface area contributed by atoms with E-state index in [1.54, 1.807) is 6.20 Å². The lowest BCUT2D eigenvalue weighted by molar-refractivity contribution is 0.0948. The molecular weight excluding hydrogens is 230 g/mol. The standard InChI is InChI=1S/C10H14BrNO/c1-8(2)6-13-7-10-4-3-9(11)5-12-10/h3-5,8H,6-7H2,1-2H3. The summed E-state index contributed by atoms with van der Waals surface area (Å²) in [5.74, 6) is 0.579. The SMILES string of the molecule is CC(C)COCc1ccc(Br)cn1. The molecule has 1 rings (SSSR count). The van der Waals surface area contributed by atoms with Crippen molar-refractivity contribution in [2.75, 3.05) is 6.61 Å². The lowest BCUT2D eigenvalue weighted by Crippen LogP contribution is -2.02. The monoisotopic (exact) mass is 243 g/mol. The molecule has 3 heteroatoms. The van der Waals surface area contributed by atoms with E-state index in [0.29, 0.717) is 12.5 Å². The number of halogens is 1. The van der Waals surface area contributed by atoms with Crippen molar-refractivity contribution >= 4 is 15.9 Å². The van der Waals surface area contributed by atoms with Crippen molar-refractivity contribution in [2.24, 2.45) is 5.92 Å². The van der Waals surface area contributed by atoms with Crippen LogP contribution in [0, 0.1) is 5.92 Å². The summed E-state index contributed by atoms with van der Waals surface area (Å²) < 4.78 is 6.44. The van der Waals surface area contributed by atoms with Gasteiger partial charge in [0.15, 0.2) is 0 Å². The van der Waals surface area contributed by atoms with Gasteiger partial charge in [0.1, 0.15) is 0 Å². The van der Waals surface area contributed by atoms with Gasteiger partial charge in [0.25, 0.3) is 0 Å². The second kappa shape index (κ2) is 5.35. The minimum atomic E-state index is 0.579. The molecule has 0 saturated carbocycles. The first-order valence-corrected chi connectivity index (χ1v) is 5.16. The third-order valence-electron chi connectivity index (χ3n) is 1.49. The van der Waals surface area contributed by atoms with Crippen molar-refractivity contribution in [3.8, 4) is 0 Å². The molecule has 0 fully saturated rings. The molecule has 0 radical (unpaired) electrons. The largest absolute Gasteiger partial charge is 0.375 e. The molecule has 2 nitrogen and oxygen atoms in total. The molecule has 13 heavy (non-hydrogen) atoms. The number of hydrogen-bond donors (Lipinski definition) is 0. The number of ether oxygens (including phenoxy) is 1. The van der Waals surface area contributed by atoms with Gasteiger partial charge in [0.2, 0.25) is 0 Å². The van der Waals surface area contributed by atoms with Crippen molar-refractivity contribution in [3.63, 3.8) is 0 Å². The Bertz CT molecular complexity index is 246. The van der Waals surface area contributed by atoms with E-state index in [2.05, 4.69) is 34.8 Å². The van der Waals surface area contributed by atoms with Gasteiger partial charge in [-0.2, -0.15) is 0 Å². The number of pyridine rings is 1. The Hall–Kier alpha value is -0.410. The van der Waals surface area contributed by atoms with E-state index in [4.69, 9.17) is 4.74 Å². The molecule has 0 saturated heterocycles. The molecule has 0 spiro atoms. The summed E-state index contributed by atoms with van der Waals surface area (Å²) in [5.41, 5.74) is 0.976. The van der Waals surface area contributed by atoms with E-state index in [9.17, 15) is 0 Å². The summed E-state index contributed by atoms with van der Waals surface area (Å²) in [7, 11) is 0. The van der Waals surface area contributed by atoms with Crippen molar-refractivity contribution < 1.29 is 4.74 Å². The first kappa shape index (κ1) is 10.7. The molecule has 0 aromatic carbocycles. The summed E-state index contributed by atoms with van der Waals surface area (Å²) in [5, 5.41) is 0. The molecule has 1 aromatic heterocycles. The van der Waals surface area contributed by atoms with Crippen LogP contribution in [-0.2, 0) is 11.3 Å². The average molecular weight is 244 g/mol. The number of rotatable bonds is 4. The van der Waals surface area contributed by atoms with E-state index in [1.165, 1.54) is 0 Å². The fourth-order valence-electron chi connectivity index (χ4n) is 0.891. The molecule has 1 aromatic rings. The molecule has 0 atom stereocenters. The van der Waals surface area contributed by atoms with Gasteiger partial charge in [-0.25, -0.2) is 0 Å². The average Bonchev–Trinajstić information content (AvgIpc) is 2.08. The quantitative estimate of drug-likeness (QED) is 0.812. The predicted octanol–water partition coefficient (Wildman–Crippen LogP) is 3.02. The van der Waals surface area contributed by atoms with Gasteiger partial charge >= 0.3 is 0 Å². The minimum Gasteiger partial charge on any atom is -0.375 e. The van der Waals surface area contributed by atoms with Gasteiger partial charge in [-0.15, -0.1) is 0 Å². The third kappa shape index (κ3) is 4.39. The maximum atomic E-state index is 5.44. The molecule has 0 aliphatic heterocycles. The van der Waals surface area contributed by atoms with Crippen LogP contribution in [0.4, 0.5) is 0 Å². The molecule has 0 aliphatic rings. The van der Waals surface area contributed by atoms with Crippen molar-refractivity contribution in [1.29, 1.82) is 0 Å². The maximum absolute atomic E-state index is 5.44. The van der Waals surface area contributed by atoms with Gasteiger partial charge in [-0.1, -0.05) is 13.8 Å². The van der Waals surface area contributed by atoms with Gasteiger partial charge in [-0.05, 0) is 34.0 Å². The number of aromatic nitrogens is 1. The summed E-state index contributed by atoms with van der Waals surface area (Å²) >= 11 is 3.33. The molecular formula is C10H14BrNO. The highest BCUT2D eigenvalue weighted by Gasteiger charge is 1.96. The Labute approximate surface area is 87.5 Å². The Kier molecular flexibility index (Phi) is 4.39. The minimum absolute atomic E-state index is 0.579. The highest BCUT2D eigenvalue weighted by atomic mass is 79.9. The maximum Gasteiger partial charge on any atom is 0.0887 e. The smallest absolute Gasteiger partial charge is 0.0887 e. The Balaban J connectivity index is 2.33. The van der Waals surface area contributed by atoms with Crippen molar-refractivity contribution in [2.45, 2.75) is 20.5 Å². The summed E-state index contributed by atoms with van der Waals surface area (Å²) in [6.07, 6.45) is 1.79. The van der Waals surface area contributed by atoms with Gasteiger partial charge < -0.3 is 4.74 Å². The van der Waals surface area contributed by atoms with Gasteiger partial charge in [-0.3, -0.25) is 4.98 Å². The summed E-state index contributed by atoms with van der Waals surface area (Å²) in [4.78, 5) is 4.20. The van der Waals surface area contributed by atoms with Crippen LogP contribution in [0.3, 0.4) is 0 Å². The van der Waals surface area contributed by atoms with Crippen LogP contribution in [0.15, 0.2) is 22.8 Å². The van der Waals surface area contributed by atoms with Gasteiger partial charge in [0, 0.05) is 17.3 Å². The highest BCUT2D eigenvalue weighted by Crippen LogP contribution is 2.08. The first-order chi connectivity index (χ1) is 6.18. The number of nitrogens with zero attached hydrogens (tertiary/aromatic N) is 1. The van der Waals surface area contributed by atoms with Crippen LogP contribution in [0.1, 0.15) is 19.5 Å². The van der Waals surface area contributed by atoms with Crippen LogP contribution in [0.2, 0.25) is 0 Å². The Morgan fingerprint density at radius 1 is 1.46 bits per heavy atom. The zero-order valence-corrected chi connectivity index (χ0v) is 9.54. The van der Waals surface area contributed by atoms with E-state index in [1.807, 2.05) is 12.1 Å². The van der Waals surface area contributed by atoms with Crippen molar-refractivity contribution in [1.82, 2.24) is 4.98 Å². The van der Waals surface area contributed by atoms with Gasteiger partial charge in [0.05, 0.1) is 12.3 Å². The lowest BCUT2D eigenvalue weighted by Gasteiger charge is -2.05. The molecule has 0 amide bonds. The second-order valence-corrected chi connectivity index (χ2v) is 4.29. The Morgan fingerprint density at radius 2 is 2.23 bits per heavy atom. The van der Waals surface area contributed by atoms with E-state index in [-0.39, 0.29) is 0 Å². The fourth-order valence-corrected chi connectivity index (χ4v) is 1.13. The molecule has 0 bridgehead atoms. The Morgan fingerprint density at radius 3 is 2.77 bits per heavy atom. The van der Waals surface area contributed by atoms with Crippen LogP contribution in [0.25, 0.3) is 0 Å². The second-order valence-electron chi connectivity index (χ2n) is 3.38. The normalized spacial score (nSPS) is 10.8. The zero-order chi connectivity index (χ0) is 9.68. The third-order valence-corrected chi connectivity index (χ3v) is 1.96. The first-order valence-electron chi connectivity index (χ1n) is 4.36. The zero-order valence-electron chi connectivity index (χ0n) is 7.96. The summed E-state index contributed by atoms with van der Waals surface area (Å²) in [6, 6.07) is 3.94. The van der Waals surface area contributed by atoms with Crippen LogP contribution in [0.5, 0.6) is 0 Å². The van der Waals surface area contributed by atoms with Crippen LogP contribution in [-0.4, -0.2) is 11.6 Å². The summed E-state index contributed by atoms with van der Waals surface area (Å²) in [6.45, 7) is 5.66. The molecule has 0 N–H and O–H groups in total. The lowest BCUT2D eigenvalue weighted by atomic mass is 10.2. The predicted molar refractivity (Wildman–Crippen MR) is 56.4 cm³/mol. The van der Waals surface area contributed by atoms with Crippen LogP contribution >= 0.6 is 15.9 Å². The molecule has 1 heterocycles. The molecule has 0 aliphatic carbocycles. The van der Waals surface area contributed by atoms with Crippen LogP contribution < -0.4 is 0 Å². The number of hydrogen-bond acceptors (Lipinski definition) is 2. The fraction of sp³-hybridized carbons (Fsp3) is 0.500. The molecule has 72 valence electrons. The van der Waals surface area contributed by atoms with E-state index < -0.39 is 0 Å². The molecule has 0 unspecified atom stereocenters. The van der Waals surface area contributed by atoms with E-state index >= 15 is 0 Å². The topological polar surface area (TPSA) is 22.1 Å². The van der Waals surface area contributed by atoms with E-state index in [0.717, 1.165) is 16.8 Å².